The van der Waals surface area contributed by atoms with Gasteiger partial charge in [0, 0.05) is 68.6 Å². The Bertz CT molecular complexity index is 2810. The molecule has 0 aliphatic carbocycles. The van der Waals surface area contributed by atoms with Crippen LogP contribution in [0.5, 0.6) is 0 Å². The number of aromatic nitrogens is 3. The summed E-state index contributed by atoms with van der Waals surface area (Å²) in [6, 6.07) is 11.0. The molecule has 0 spiro atoms. The largest absolute Gasteiger partial charge is 0.467 e. The molecule has 1 fully saturated rings. The fourth-order valence-electron chi connectivity index (χ4n) is 8.29. The summed E-state index contributed by atoms with van der Waals surface area (Å²) >= 11 is 0. The molecule has 9 amide bonds. The predicted octanol–water partition coefficient (Wildman–Crippen LogP) is 2.72. The number of carbonyl (C=O) groups is 9. The third kappa shape index (κ3) is 17.3. The molecular formula is C53H65N13O12. The lowest BCUT2D eigenvalue weighted by atomic mass is 10.0. The Hall–Kier alpha value is -9.00. The first-order valence-electron chi connectivity index (χ1n) is 25.4. The van der Waals surface area contributed by atoms with E-state index < -0.39 is 53.9 Å². The number of ether oxygens (including phenoxy) is 3. The number of unbranched alkanes of at least 4 members (excludes halogenated alkanes) is 2. The van der Waals surface area contributed by atoms with Crippen LogP contribution >= 0.6 is 0 Å². The van der Waals surface area contributed by atoms with Crippen molar-refractivity contribution < 1.29 is 57.4 Å². The number of urea groups is 1. The van der Waals surface area contributed by atoms with E-state index in [1.807, 2.05) is 6.07 Å². The standard InChI is InChI=1S/C53H65N13O12/c1-32(2)45(64-42(67)9-5-4-6-23-66-43(68)18-19-44(66)69)49(71)61-37(8-7-21-57-52(55)74)48(70)59-36-16-12-34(13-17-36)31-78-53(75)63-38(51(73)76-3)28-33-10-14-35(15-11-33)39-30-58-47(54)46(60-39)50(72)62-40-29-56-22-20-41(40)65-24-26-77-27-25-65/h10-20,22,29-30,32,37-38,45H,4-9,21,23-28,31H2,1-3H3,(H2,54,58)(H,59,70)(H,61,71)(H,62,72)(H,63,75)(H,64,67)(H3,55,57,74)/t37-,38+,45?/m0/s1. The number of carbonyl (C=O) groups excluding carboxylic acids is 9. The van der Waals surface area contributed by atoms with Gasteiger partial charge in [0.25, 0.3) is 17.7 Å². The van der Waals surface area contributed by atoms with E-state index >= 15 is 0 Å². The molecule has 78 heavy (non-hydrogen) atoms. The van der Waals surface area contributed by atoms with Crippen molar-refractivity contribution >= 4 is 76.4 Å². The fourth-order valence-corrected chi connectivity index (χ4v) is 8.29. The molecule has 4 aromatic rings. The molecular weight excluding hydrogens is 1010 g/mol. The number of nitrogens with one attached hydrogen (secondary N) is 6. The SMILES string of the molecule is COC(=O)[C@@H](Cc1ccc(-c2cnc(N)c(C(=O)Nc3cnccc3N3CCOCC3)n2)cc1)NC(=O)OCc1ccc(NC(=O)[C@H](CCCNC(N)=O)NC(=O)C(NC(=O)CCCCCN2C(=O)C=CC2=O)C(C)C)cc1. The van der Waals surface area contributed by atoms with Crippen LogP contribution in [0.2, 0.25) is 0 Å². The number of benzene rings is 2. The normalized spacial score (nSPS) is 14.2. The monoisotopic (exact) mass is 1080 g/mol. The Morgan fingerprint density at radius 1 is 0.795 bits per heavy atom. The number of anilines is 4. The number of nitrogens with zero attached hydrogens (tertiary/aromatic N) is 5. The molecule has 414 valence electrons. The lowest BCUT2D eigenvalue weighted by molar-refractivity contribution is -0.143. The van der Waals surface area contributed by atoms with Crippen LogP contribution in [-0.2, 0) is 56.0 Å². The molecule has 0 saturated carbocycles. The minimum absolute atomic E-state index is 0.0265. The zero-order valence-corrected chi connectivity index (χ0v) is 43.6. The minimum Gasteiger partial charge on any atom is -0.467 e. The maximum Gasteiger partial charge on any atom is 0.408 e. The van der Waals surface area contributed by atoms with E-state index in [0.29, 0.717) is 79.3 Å². The number of pyridine rings is 1. The van der Waals surface area contributed by atoms with Gasteiger partial charge in [0.15, 0.2) is 11.5 Å². The molecule has 3 atom stereocenters. The van der Waals surface area contributed by atoms with Gasteiger partial charge in [-0.25, -0.2) is 24.4 Å². The van der Waals surface area contributed by atoms with Crippen LogP contribution < -0.4 is 48.3 Å². The minimum atomic E-state index is -1.14. The molecule has 10 N–H and O–H groups in total. The number of primary amides is 1. The highest BCUT2D eigenvalue weighted by Crippen LogP contribution is 2.27. The molecule has 0 radical (unpaired) electrons. The van der Waals surface area contributed by atoms with Crippen molar-refractivity contribution in [3.05, 3.63) is 102 Å². The van der Waals surface area contributed by atoms with E-state index in [-0.39, 0.29) is 80.5 Å². The molecule has 0 bridgehead atoms. The second-order valence-corrected chi connectivity index (χ2v) is 18.6. The molecule has 2 aliphatic rings. The smallest absolute Gasteiger partial charge is 0.408 e. The summed E-state index contributed by atoms with van der Waals surface area (Å²) in [4.78, 5) is 130. The van der Waals surface area contributed by atoms with Gasteiger partial charge >= 0.3 is 18.1 Å². The van der Waals surface area contributed by atoms with E-state index in [1.54, 1.807) is 74.8 Å². The second kappa shape index (κ2) is 28.8. The van der Waals surface area contributed by atoms with E-state index in [2.05, 4.69) is 51.8 Å². The van der Waals surface area contributed by atoms with E-state index in [9.17, 15) is 43.2 Å². The quantitative estimate of drug-likeness (QED) is 0.0255. The molecule has 25 nitrogen and oxygen atoms in total. The fraction of sp³-hybridized carbons (Fsp3) is 0.396. The van der Waals surface area contributed by atoms with Crippen LogP contribution in [0, 0.1) is 5.92 Å². The molecule has 4 heterocycles. The zero-order chi connectivity index (χ0) is 56.1. The van der Waals surface area contributed by atoms with Crippen molar-refractivity contribution in [3.63, 3.8) is 0 Å². The number of amides is 9. The van der Waals surface area contributed by atoms with Gasteiger partial charge in [0.05, 0.1) is 49.8 Å². The van der Waals surface area contributed by atoms with E-state index in [0.717, 1.165) is 10.6 Å². The molecule has 6 rings (SSSR count). The number of morpholine rings is 1. The number of nitrogen functional groups attached to an aromatic ring is 1. The lowest BCUT2D eigenvalue weighted by Crippen LogP contribution is -2.54. The van der Waals surface area contributed by atoms with Gasteiger partial charge in [-0.3, -0.25) is 38.7 Å². The van der Waals surface area contributed by atoms with Gasteiger partial charge < -0.3 is 62.5 Å². The highest BCUT2D eigenvalue weighted by molar-refractivity contribution is 6.13. The first kappa shape index (κ1) is 58.3. The predicted molar refractivity (Wildman–Crippen MR) is 285 cm³/mol. The molecule has 25 heteroatoms. The van der Waals surface area contributed by atoms with Crippen LogP contribution in [0.3, 0.4) is 0 Å². The molecule has 1 saturated heterocycles. The third-order valence-corrected chi connectivity index (χ3v) is 12.5. The number of methoxy groups -OCH3 is 1. The van der Waals surface area contributed by atoms with Crippen molar-refractivity contribution in [3.8, 4) is 11.3 Å². The van der Waals surface area contributed by atoms with E-state index in [4.69, 9.17) is 25.7 Å². The highest BCUT2D eigenvalue weighted by Gasteiger charge is 2.30. The highest BCUT2D eigenvalue weighted by atomic mass is 16.6. The Balaban J connectivity index is 0.989. The van der Waals surface area contributed by atoms with Crippen molar-refractivity contribution in [2.45, 2.75) is 83.5 Å². The number of esters is 1. The Morgan fingerprint density at radius 2 is 1.50 bits per heavy atom. The molecule has 2 aromatic carbocycles. The Morgan fingerprint density at radius 3 is 2.18 bits per heavy atom. The van der Waals surface area contributed by atoms with Gasteiger partial charge in [-0.15, -0.1) is 0 Å². The van der Waals surface area contributed by atoms with Crippen molar-refractivity contribution in [1.82, 2.24) is 41.1 Å². The Labute approximate surface area is 450 Å². The van der Waals surface area contributed by atoms with Gasteiger partial charge in [-0.2, -0.15) is 0 Å². The van der Waals surface area contributed by atoms with Gasteiger partial charge in [0.1, 0.15) is 24.7 Å². The summed E-state index contributed by atoms with van der Waals surface area (Å²) in [5.41, 5.74) is 15.0. The number of hydrogen-bond acceptors (Lipinski definition) is 17. The maximum absolute atomic E-state index is 13.7. The van der Waals surface area contributed by atoms with Gasteiger partial charge in [-0.05, 0) is 60.9 Å². The average Bonchev–Trinajstić information content (AvgIpc) is 3.77. The van der Waals surface area contributed by atoms with Crippen molar-refractivity contribution in [2.75, 3.05) is 67.8 Å². The zero-order valence-electron chi connectivity index (χ0n) is 43.6. The summed E-state index contributed by atoms with van der Waals surface area (Å²) in [6.45, 7) is 6.05. The molecule has 1 unspecified atom stereocenters. The number of hydrogen-bond donors (Lipinski definition) is 8. The second-order valence-electron chi connectivity index (χ2n) is 18.6. The first-order chi connectivity index (χ1) is 37.5. The van der Waals surface area contributed by atoms with Gasteiger partial charge in [-0.1, -0.05) is 56.7 Å². The summed E-state index contributed by atoms with van der Waals surface area (Å²) in [5, 5.41) is 16.1. The molecule has 2 aliphatic heterocycles. The first-order valence-corrected chi connectivity index (χ1v) is 25.4. The number of alkyl carbamates (subject to hydrolysis) is 1. The van der Waals surface area contributed by atoms with Crippen LogP contribution in [0.4, 0.5) is 32.5 Å². The van der Waals surface area contributed by atoms with Crippen LogP contribution in [-0.4, -0.2) is 138 Å². The number of imide groups is 1. The topological polar surface area (TPSA) is 351 Å². The van der Waals surface area contributed by atoms with Crippen LogP contribution in [0.1, 0.15) is 74.0 Å². The Kier molecular flexibility index (Phi) is 21.5. The molecule has 2 aromatic heterocycles. The third-order valence-electron chi connectivity index (χ3n) is 12.5. The number of nitrogens with two attached hydrogens (primary N) is 2. The summed E-state index contributed by atoms with van der Waals surface area (Å²) < 4.78 is 15.9. The van der Waals surface area contributed by atoms with Crippen LogP contribution in [0.15, 0.2) is 85.3 Å². The summed E-state index contributed by atoms with van der Waals surface area (Å²) in [5.74, 6) is -4.03. The number of rotatable bonds is 26. The van der Waals surface area contributed by atoms with E-state index in [1.165, 1.54) is 25.5 Å². The summed E-state index contributed by atoms with van der Waals surface area (Å²) in [7, 11) is 1.19. The van der Waals surface area contributed by atoms with Crippen molar-refractivity contribution in [1.29, 1.82) is 0 Å². The van der Waals surface area contributed by atoms with Crippen LogP contribution in [0.25, 0.3) is 11.3 Å². The van der Waals surface area contributed by atoms with Crippen molar-refractivity contribution in [2.24, 2.45) is 11.7 Å². The maximum atomic E-state index is 13.7. The lowest BCUT2D eigenvalue weighted by Gasteiger charge is -2.30. The van der Waals surface area contributed by atoms with Gasteiger partial charge in [0.2, 0.25) is 17.7 Å². The average molecular weight is 1080 g/mol. The summed E-state index contributed by atoms with van der Waals surface area (Å²) in [6.07, 6.45) is 8.16.